The summed E-state index contributed by atoms with van der Waals surface area (Å²) in [5.41, 5.74) is 0.0481. The van der Waals surface area contributed by atoms with Gasteiger partial charge in [0.15, 0.2) is 0 Å². The maximum absolute atomic E-state index is 11.7. The third-order valence-corrected chi connectivity index (χ3v) is 3.20. The highest BCUT2D eigenvalue weighted by Gasteiger charge is 2.16. The van der Waals surface area contributed by atoms with Crippen molar-refractivity contribution in [3.05, 3.63) is 35.3 Å². The lowest BCUT2D eigenvalue weighted by Crippen LogP contribution is -2.27. The number of aromatic nitrogens is 1. The lowest BCUT2D eigenvalue weighted by Gasteiger charge is -2.19. The van der Waals surface area contributed by atoms with Crippen LogP contribution in [0, 0.1) is 0 Å². The average Bonchev–Trinajstić information content (AvgIpc) is 2.87. The molecule has 7 nitrogen and oxygen atoms in total. The number of carbonyl (C=O) groups is 1. The largest absolute Gasteiger partial charge is 0.444 e. The van der Waals surface area contributed by atoms with Gasteiger partial charge in [-0.1, -0.05) is 16.5 Å². The molecular formula is C15H17N3O4S. The molecule has 2 rings (SSSR count). The Kier molecular flexibility index (Phi) is 5.17. The predicted octanol–water partition coefficient (Wildman–Crippen LogP) is 4.09. The van der Waals surface area contributed by atoms with E-state index in [1.807, 2.05) is 0 Å². The van der Waals surface area contributed by atoms with Gasteiger partial charge < -0.3 is 14.7 Å². The third-order valence-electron chi connectivity index (χ3n) is 2.39. The number of amides is 1. The molecule has 2 aromatic rings. The van der Waals surface area contributed by atoms with Crippen molar-refractivity contribution in [2.75, 3.05) is 5.32 Å². The summed E-state index contributed by atoms with van der Waals surface area (Å²) in [5.74, 6) is 0.571. The van der Waals surface area contributed by atoms with Gasteiger partial charge in [0, 0.05) is 5.69 Å². The van der Waals surface area contributed by atoms with Crippen molar-refractivity contribution in [3.8, 4) is 10.9 Å². The van der Waals surface area contributed by atoms with Gasteiger partial charge in [-0.05, 0) is 45.0 Å². The Morgan fingerprint density at radius 3 is 2.65 bits per heavy atom. The smallest absolute Gasteiger partial charge is 0.412 e. The first kappa shape index (κ1) is 16.8. The summed E-state index contributed by atoms with van der Waals surface area (Å²) in [7, 11) is 0. The number of hydrogen-bond acceptors (Lipinski definition) is 7. The number of hydrogen-bond donors (Lipinski definition) is 2. The zero-order chi connectivity index (χ0) is 16.9. The van der Waals surface area contributed by atoms with E-state index >= 15 is 0 Å². The zero-order valence-corrected chi connectivity index (χ0v) is 13.8. The molecule has 0 saturated carbocycles. The summed E-state index contributed by atoms with van der Waals surface area (Å²) < 4.78 is 10.7. The molecule has 1 aromatic heterocycles. The fourth-order valence-electron chi connectivity index (χ4n) is 1.56. The molecule has 1 amide bonds. The molecule has 0 radical (unpaired) electrons. The molecule has 0 fully saturated rings. The molecule has 1 aromatic carbocycles. The quantitative estimate of drug-likeness (QED) is 0.499. The molecule has 0 bridgehead atoms. The Balaban J connectivity index is 1.95. The monoisotopic (exact) mass is 335 g/mol. The summed E-state index contributed by atoms with van der Waals surface area (Å²) in [4.78, 5) is 16.4. The van der Waals surface area contributed by atoms with E-state index in [1.54, 1.807) is 45.0 Å². The summed E-state index contributed by atoms with van der Waals surface area (Å²) in [5, 5.41) is 14.4. The number of ether oxygens (including phenoxy) is 2. The number of oxime groups is 1. The van der Waals surface area contributed by atoms with Crippen molar-refractivity contribution in [3.63, 3.8) is 0 Å². The van der Waals surface area contributed by atoms with E-state index in [0.717, 1.165) is 0 Å². The molecule has 1 heterocycles. The molecule has 0 aliphatic rings. The van der Waals surface area contributed by atoms with Gasteiger partial charge >= 0.3 is 6.09 Å². The molecule has 0 aliphatic carbocycles. The van der Waals surface area contributed by atoms with Gasteiger partial charge in [0.1, 0.15) is 11.4 Å². The number of nitrogens with one attached hydrogen (secondary N) is 1. The first-order chi connectivity index (χ1) is 10.9. The third kappa shape index (κ3) is 5.59. The van der Waals surface area contributed by atoms with Crippen LogP contribution >= 0.6 is 11.3 Å². The molecule has 2 N–H and O–H groups in total. The first-order valence-electron chi connectivity index (χ1n) is 6.77. The van der Waals surface area contributed by atoms with Gasteiger partial charge in [-0.3, -0.25) is 5.32 Å². The van der Waals surface area contributed by atoms with Gasteiger partial charge in [-0.25, -0.2) is 9.78 Å². The first-order valence-corrected chi connectivity index (χ1v) is 7.58. The van der Waals surface area contributed by atoms with Crippen LogP contribution in [-0.2, 0) is 4.74 Å². The maximum Gasteiger partial charge on any atom is 0.412 e. The van der Waals surface area contributed by atoms with Crippen molar-refractivity contribution < 1.29 is 19.5 Å². The Hall–Kier alpha value is -2.61. The number of rotatable bonds is 4. The van der Waals surface area contributed by atoms with Gasteiger partial charge in [0.25, 0.3) is 5.19 Å². The lowest BCUT2D eigenvalue weighted by atomic mass is 10.2. The van der Waals surface area contributed by atoms with E-state index < -0.39 is 11.7 Å². The lowest BCUT2D eigenvalue weighted by molar-refractivity contribution is 0.0636. The Morgan fingerprint density at radius 1 is 1.35 bits per heavy atom. The van der Waals surface area contributed by atoms with E-state index in [1.165, 1.54) is 23.7 Å². The average molecular weight is 335 g/mol. The van der Waals surface area contributed by atoms with Crippen LogP contribution in [0.2, 0.25) is 0 Å². The van der Waals surface area contributed by atoms with Crippen molar-refractivity contribution in [1.29, 1.82) is 0 Å². The second kappa shape index (κ2) is 7.10. The highest BCUT2D eigenvalue weighted by Crippen LogP contribution is 2.26. The molecule has 0 saturated heterocycles. The molecular weight excluding hydrogens is 318 g/mol. The van der Waals surface area contributed by atoms with Crippen LogP contribution in [0.5, 0.6) is 10.9 Å². The fourth-order valence-corrected chi connectivity index (χ4v) is 2.21. The number of benzene rings is 1. The van der Waals surface area contributed by atoms with E-state index in [0.29, 0.717) is 21.5 Å². The fraction of sp³-hybridized carbons (Fsp3) is 0.267. The van der Waals surface area contributed by atoms with Gasteiger partial charge in [-0.2, -0.15) is 0 Å². The number of thiazole rings is 1. The summed E-state index contributed by atoms with van der Waals surface area (Å²) in [6, 6.07) is 6.80. The molecule has 122 valence electrons. The van der Waals surface area contributed by atoms with Crippen LogP contribution in [-0.4, -0.2) is 28.1 Å². The van der Waals surface area contributed by atoms with Gasteiger partial charge in [0.05, 0.1) is 17.3 Å². The Morgan fingerprint density at radius 2 is 2.04 bits per heavy atom. The van der Waals surface area contributed by atoms with Crippen LogP contribution in [0.15, 0.2) is 35.6 Å². The Bertz CT molecular complexity index is 689. The number of anilines is 1. The summed E-state index contributed by atoms with van der Waals surface area (Å²) in [6.45, 7) is 5.40. The van der Waals surface area contributed by atoms with Crippen molar-refractivity contribution in [1.82, 2.24) is 4.98 Å². The van der Waals surface area contributed by atoms with Crippen LogP contribution in [0.1, 0.15) is 25.6 Å². The van der Waals surface area contributed by atoms with E-state index in [-0.39, 0.29) is 0 Å². The molecule has 0 atom stereocenters. The summed E-state index contributed by atoms with van der Waals surface area (Å²) >= 11 is 1.24. The SMILES string of the molecule is CC(C)(C)OC(=O)Nc1ccc(Oc2ncc(C=NO)s2)cc1. The van der Waals surface area contributed by atoms with Crippen molar-refractivity contribution in [2.24, 2.45) is 5.16 Å². The van der Waals surface area contributed by atoms with Crippen LogP contribution in [0.3, 0.4) is 0 Å². The van der Waals surface area contributed by atoms with E-state index in [2.05, 4.69) is 15.5 Å². The minimum absolute atomic E-state index is 0.424. The molecule has 0 unspecified atom stereocenters. The minimum Gasteiger partial charge on any atom is -0.444 e. The van der Waals surface area contributed by atoms with Crippen molar-refractivity contribution in [2.45, 2.75) is 26.4 Å². The number of nitrogens with zero attached hydrogens (tertiary/aromatic N) is 2. The number of carbonyl (C=O) groups excluding carboxylic acids is 1. The van der Waals surface area contributed by atoms with Crippen LogP contribution in [0.25, 0.3) is 0 Å². The normalized spacial score (nSPS) is 11.4. The second-order valence-electron chi connectivity index (χ2n) is 5.53. The molecule has 0 spiro atoms. The molecule has 0 aliphatic heterocycles. The van der Waals surface area contributed by atoms with Crippen molar-refractivity contribution >= 4 is 29.3 Å². The predicted molar refractivity (Wildman–Crippen MR) is 87.9 cm³/mol. The van der Waals surface area contributed by atoms with Gasteiger partial charge in [-0.15, -0.1) is 0 Å². The highest BCUT2D eigenvalue weighted by molar-refractivity contribution is 7.15. The standard InChI is InChI=1S/C15H17N3O4S/c1-15(2,3)22-13(19)18-10-4-6-11(7-5-10)21-14-16-8-12(23-14)9-17-20/h4-9,20H,1-3H3,(H,18,19). The topological polar surface area (TPSA) is 93.0 Å². The highest BCUT2D eigenvalue weighted by atomic mass is 32.1. The van der Waals surface area contributed by atoms with E-state index in [9.17, 15) is 4.79 Å². The minimum atomic E-state index is -0.548. The maximum atomic E-state index is 11.7. The second-order valence-corrected chi connectivity index (χ2v) is 6.55. The van der Waals surface area contributed by atoms with Crippen LogP contribution < -0.4 is 10.1 Å². The molecule has 23 heavy (non-hydrogen) atoms. The van der Waals surface area contributed by atoms with Gasteiger partial charge in [0.2, 0.25) is 0 Å². The summed E-state index contributed by atoms with van der Waals surface area (Å²) in [6.07, 6.45) is 2.30. The molecule has 8 heteroatoms. The zero-order valence-electron chi connectivity index (χ0n) is 12.9. The van der Waals surface area contributed by atoms with E-state index in [4.69, 9.17) is 14.7 Å². The van der Waals surface area contributed by atoms with Crippen LogP contribution in [0.4, 0.5) is 10.5 Å². The Labute approximate surface area is 137 Å².